The lowest BCUT2D eigenvalue weighted by Gasteiger charge is -2.17. The molecule has 0 spiro atoms. The number of hydrogen-bond acceptors (Lipinski definition) is 3. The van der Waals surface area contributed by atoms with E-state index in [2.05, 4.69) is 12.0 Å². The third-order valence-corrected chi connectivity index (χ3v) is 1.29. The van der Waals surface area contributed by atoms with Crippen molar-refractivity contribution >= 4 is 5.96 Å². The minimum Gasteiger partial charge on any atom is -0.383 e. The Balaban J connectivity index is 3.78. The molecule has 0 aliphatic carbocycles. The average Bonchev–Trinajstić information content (AvgIpc) is 2.00. The Labute approximate surface area is 73.3 Å². The summed E-state index contributed by atoms with van der Waals surface area (Å²) in [5, 5.41) is 5.73. The van der Waals surface area contributed by atoms with Crippen molar-refractivity contribution in [1.82, 2.24) is 5.01 Å². The maximum Gasteiger partial charge on any atom is 0.208 e. The van der Waals surface area contributed by atoms with Crippen LogP contribution in [-0.2, 0) is 4.74 Å². The molecular formula is C7H18N4O. The lowest BCUT2D eigenvalue weighted by molar-refractivity contribution is 0.150. The summed E-state index contributed by atoms with van der Waals surface area (Å²) < 4.78 is 4.91. The van der Waals surface area contributed by atoms with Crippen molar-refractivity contribution < 1.29 is 4.74 Å². The highest BCUT2D eigenvalue weighted by molar-refractivity contribution is 5.75. The first kappa shape index (κ1) is 11.0. The minimum absolute atomic E-state index is 0.0968. The zero-order chi connectivity index (χ0) is 9.40. The normalized spacial score (nSPS) is 9.50. The molecule has 0 heterocycles. The summed E-state index contributed by atoms with van der Waals surface area (Å²) >= 11 is 0. The molecule has 0 atom stereocenters. The van der Waals surface area contributed by atoms with Crippen LogP contribution in [0.3, 0.4) is 0 Å². The van der Waals surface area contributed by atoms with Gasteiger partial charge in [-0.05, 0) is 6.42 Å². The summed E-state index contributed by atoms with van der Waals surface area (Å²) in [6, 6.07) is 0. The smallest absolute Gasteiger partial charge is 0.208 e. The maximum atomic E-state index is 5.24. The molecule has 4 N–H and O–H groups in total. The number of rotatable bonds is 6. The Hall–Kier alpha value is -0.970. The predicted octanol–water partition coefficient (Wildman–Crippen LogP) is -0.467. The Morgan fingerprint density at radius 3 is 2.50 bits per heavy atom. The molecular weight excluding hydrogens is 156 g/mol. The van der Waals surface area contributed by atoms with E-state index in [0.29, 0.717) is 6.61 Å². The van der Waals surface area contributed by atoms with Crippen LogP contribution in [-0.4, -0.2) is 37.8 Å². The standard InChI is InChI=1S/C7H18N4O/c1-3-4-11(5-6-12-2)10-7(8)9/h3-6H2,1-2H3,(H4,8,9,10). The molecule has 0 saturated carbocycles. The topological polar surface area (TPSA) is 76.9 Å². The Morgan fingerprint density at radius 2 is 2.08 bits per heavy atom. The van der Waals surface area contributed by atoms with E-state index in [9.17, 15) is 0 Å². The summed E-state index contributed by atoms with van der Waals surface area (Å²) in [5.74, 6) is 0.0968. The molecule has 0 rings (SSSR count). The molecule has 0 aromatic heterocycles. The van der Waals surface area contributed by atoms with Crippen LogP contribution in [0.2, 0.25) is 0 Å². The number of hydrogen-bond donors (Lipinski definition) is 2. The van der Waals surface area contributed by atoms with E-state index in [4.69, 9.17) is 16.2 Å². The van der Waals surface area contributed by atoms with E-state index >= 15 is 0 Å². The fourth-order valence-electron chi connectivity index (χ4n) is 0.830. The van der Waals surface area contributed by atoms with E-state index in [1.54, 1.807) is 12.1 Å². The number of nitrogens with zero attached hydrogens (tertiary/aromatic N) is 2. The molecule has 5 heteroatoms. The zero-order valence-electron chi connectivity index (χ0n) is 7.79. The fourth-order valence-corrected chi connectivity index (χ4v) is 0.830. The molecule has 0 saturated heterocycles. The van der Waals surface area contributed by atoms with Crippen LogP contribution in [0.15, 0.2) is 5.10 Å². The lowest BCUT2D eigenvalue weighted by atomic mass is 10.4. The molecule has 0 amide bonds. The van der Waals surface area contributed by atoms with Crippen LogP contribution in [0, 0.1) is 0 Å². The first-order valence-corrected chi connectivity index (χ1v) is 4.04. The summed E-state index contributed by atoms with van der Waals surface area (Å²) in [4.78, 5) is 0. The molecule has 0 aliphatic rings. The Morgan fingerprint density at radius 1 is 1.42 bits per heavy atom. The number of nitrogens with two attached hydrogens (primary N) is 2. The molecule has 0 fully saturated rings. The van der Waals surface area contributed by atoms with Gasteiger partial charge < -0.3 is 16.2 Å². The van der Waals surface area contributed by atoms with Gasteiger partial charge >= 0.3 is 0 Å². The van der Waals surface area contributed by atoms with Crippen LogP contribution >= 0.6 is 0 Å². The van der Waals surface area contributed by atoms with E-state index < -0.39 is 0 Å². The highest BCUT2D eigenvalue weighted by atomic mass is 16.5. The molecule has 0 aliphatic heterocycles. The van der Waals surface area contributed by atoms with Gasteiger partial charge in [-0.15, -0.1) is 5.10 Å². The first-order chi connectivity index (χ1) is 5.70. The first-order valence-electron chi connectivity index (χ1n) is 4.04. The second-order valence-electron chi connectivity index (χ2n) is 2.47. The van der Waals surface area contributed by atoms with E-state index in [1.165, 1.54) is 0 Å². The number of guanidine groups is 1. The molecule has 0 aromatic carbocycles. The molecule has 0 radical (unpaired) electrons. The van der Waals surface area contributed by atoms with Gasteiger partial charge in [0.2, 0.25) is 5.96 Å². The largest absolute Gasteiger partial charge is 0.383 e. The molecule has 0 bridgehead atoms. The van der Waals surface area contributed by atoms with Crippen LogP contribution in [0.25, 0.3) is 0 Å². The van der Waals surface area contributed by atoms with Gasteiger partial charge in [0.1, 0.15) is 0 Å². The van der Waals surface area contributed by atoms with Crippen LogP contribution in [0.1, 0.15) is 13.3 Å². The zero-order valence-corrected chi connectivity index (χ0v) is 7.79. The van der Waals surface area contributed by atoms with Gasteiger partial charge in [-0.1, -0.05) is 6.92 Å². The maximum absolute atomic E-state index is 5.24. The van der Waals surface area contributed by atoms with Crippen molar-refractivity contribution in [3.8, 4) is 0 Å². The average molecular weight is 174 g/mol. The van der Waals surface area contributed by atoms with Crippen molar-refractivity contribution in [3.63, 3.8) is 0 Å². The molecule has 5 nitrogen and oxygen atoms in total. The van der Waals surface area contributed by atoms with Gasteiger partial charge in [-0.2, -0.15) is 0 Å². The minimum atomic E-state index is 0.0968. The van der Waals surface area contributed by atoms with Crippen molar-refractivity contribution in [2.75, 3.05) is 26.8 Å². The second-order valence-corrected chi connectivity index (χ2v) is 2.47. The van der Waals surface area contributed by atoms with Gasteiger partial charge in [0.05, 0.1) is 13.2 Å². The third kappa shape index (κ3) is 5.79. The highest BCUT2D eigenvalue weighted by Gasteiger charge is 1.98. The van der Waals surface area contributed by atoms with Gasteiger partial charge in [0.15, 0.2) is 0 Å². The quantitative estimate of drug-likeness (QED) is 0.324. The van der Waals surface area contributed by atoms with E-state index in [0.717, 1.165) is 19.5 Å². The highest BCUT2D eigenvalue weighted by Crippen LogP contribution is 1.91. The monoisotopic (exact) mass is 174 g/mol. The Kier molecular flexibility index (Phi) is 6.18. The van der Waals surface area contributed by atoms with Crippen molar-refractivity contribution in [2.24, 2.45) is 16.6 Å². The van der Waals surface area contributed by atoms with Crippen molar-refractivity contribution in [2.45, 2.75) is 13.3 Å². The van der Waals surface area contributed by atoms with Crippen molar-refractivity contribution in [1.29, 1.82) is 0 Å². The fraction of sp³-hybridized carbons (Fsp3) is 0.857. The van der Waals surface area contributed by atoms with Crippen LogP contribution < -0.4 is 11.5 Å². The van der Waals surface area contributed by atoms with Crippen molar-refractivity contribution in [3.05, 3.63) is 0 Å². The molecule has 0 unspecified atom stereocenters. The van der Waals surface area contributed by atoms with E-state index in [-0.39, 0.29) is 5.96 Å². The Bertz CT molecular complexity index is 133. The molecule has 12 heavy (non-hydrogen) atoms. The predicted molar refractivity (Wildman–Crippen MR) is 49.5 cm³/mol. The summed E-state index contributed by atoms with van der Waals surface area (Å²) in [5.41, 5.74) is 10.5. The third-order valence-electron chi connectivity index (χ3n) is 1.29. The summed E-state index contributed by atoms with van der Waals surface area (Å²) in [6.45, 7) is 4.28. The van der Waals surface area contributed by atoms with Gasteiger partial charge in [0.25, 0.3) is 0 Å². The van der Waals surface area contributed by atoms with Gasteiger partial charge in [-0.3, -0.25) is 5.01 Å². The second kappa shape index (κ2) is 6.72. The van der Waals surface area contributed by atoms with Crippen LogP contribution in [0.4, 0.5) is 0 Å². The molecule has 72 valence electrons. The van der Waals surface area contributed by atoms with Crippen LogP contribution in [0.5, 0.6) is 0 Å². The number of hydrazone groups is 1. The summed E-state index contributed by atoms with van der Waals surface area (Å²) in [7, 11) is 1.65. The van der Waals surface area contributed by atoms with E-state index in [1.807, 2.05) is 0 Å². The van der Waals surface area contributed by atoms with Gasteiger partial charge in [0, 0.05) is 13.7 Å². The number of methoxy groups -OCH3 is 1. The summed E-state index contributed by atoms with van der Waals surface area (Å²) in [6.07, 6.45) is 1.01. The lowest BCUT2D eigenvalue weighted by Crippen LogP contribution is -2.31. The number of ether oxygens (including phenoxy) is 1. The van der Waals surface area contributed by atoms with Gasteiger partial charge in [-0.25, -0.2) is 0 Å². The SMILES string of the molecule is CCCN(CCOC)N=C(N)N. The molecule has 0 aromatic rings.